The number of allylic oxidation sites excluding steroid dienone is 4. The van der Waals surface area contributed by atoms with Crippen molar-refractivity contribution in [3.05, 3.63) is 88.5 Å². The molecule has 2 aliphatic rings. The zero-order valence-electron chi connectivity index (χ0n) is 31.8. The third kappa shape index (κ3) is 17.4. The van der Waals surface area contributed by atoms with E-state index >= 15 is 0 Å². The summed E-state index contributed by atoms with van der Waals surface area (Å²) >= 11 is 0. The Hall–Kier alpha value is -0.701. The van der Waals surface area contributed by atoms with E-state index in [0.29, 0.717) is 12.6 Å². The number of nitrogens with two attached hydrogens (primary N) is 1. The normalized spacial score (nSPS) is 14.9. The molecular weight excluding hydrogens is 968 g/mol. The van der Waals surface area contributed by atoms with E-state index in [-0.39, 0.29) is 187 Å². The molecule has 0 bridgehead atoms. The predicted molar refractivity (Wildman–Crippen MR) is 191 cm³/mol. The van der Waals surface area contributed by atoms with Gasteiger partial charge in [0.25, 0.3) is 0 Å². The molecule has 3 aromatic carbocycles. The summed E-state index contributed by atoms with van der Waals surface area (Å²) in [4.78, 5) is 23.1. The van der Waals surface area contributed by atoms with Gasteiger partial charge in [0.1, 0.15) is 36.1 Å². The van der Waals surface area contributed by atoms with Crippen LogP contribution >= 0.6 is 0 Å². The summed E-state index contributed by atoms with van der Waals surface area (Å²) in [6, 6.07) is 8.92. The van der Waals surface area contributed by atoms with Gasteiger partial charge in [-0.25, -0.2) is 33.7 Å². The van der Waals surface area contributed by atoms with Crippen molar-refractivity contribution < 1.29 is 202 Å². The molecule has 60 heavy (non-hydrogen) atoms. The van der Waals surface area contributed by atoms with Gasteiger partial charge in [-0.15, -0.1) is 10.2 Å². The topological polar surface area (TPSA) is 370 Å². The average molecular weight is 994 g/mol. The van der Waals surface area contributed by atoms with Crippen LogP contribution in [0.3, 0.4) is 0 Å². The molecule has 2 aliphatic carbocycles. The van der Waals surface area contributed by atoms with Gasteiger partial charge in [0, 0.05) is 52.9 Å². The number of carbonyl (C=O) groups excluding carboxylic acids is 2. The van der Waals surface area contributed by atoms with Crippen LogP contribution in [0.4, 0.5) is 11.4 Å². The smallest absolute Gasteiger partial charge is 0.748 e. The Labute approximate surface area is 443 Å². The summed E-state index contributed by atoms with van der Waals surface area (Å²) in [6.45, 7) is 0.172. The van der Waals surface area contributed by atoms with Crippen LogP contribution in [0.15, 0.2) is 97.4 Å². The molecule has 0 saturated carbocycles. The predicted octanol–water partition coefficient (Wildman–Crippen LogP) is -12.9. The SMILES string of the molecule is NCCO.O=C1C=C(NNc2ccc3cc(S(=O)(=O)[O-])cc(S(=O)(=O)[O-])c3c2)C=CC1=NN=C1C(=O)c2cc(NCCS(=O)(=O)[O-])ccc2C=C1S(=O)(=O)[O-].[Cu].[Na+].[Na+].[Na+].[Na+]. The Morgan fingerprint density at radius 1 is 0.717 bits per heavy atom. The maximum atomic E-state index is 13.3. The minimum atomic E-state index is -5.29. The number of fused-ring (bicyclic) bond motifs is 2. The second-order valence-corrected chi connectivity index (χ2v) is 16.6. The van der Waals surface area contributed by atoms with Crippen LogP contribution in [0.5, 0.6) is 0 Å². The number of ketones is 2. The number of hydrogen-bond donors (Lipinski definition) is 5. The summed E-state index contributed by atoms with van der Waals surface area (Å²) in [5, 5.41) is 17.4. The van der Waals surface area contributed by atoms with Crippen molar-refractivity contribution in [2.45, 2.75) is 9.79 Å². The fourth-order valence-electron chi connectivity index (χ4n) is 4.69. The van der Waals surface area contributed by atoms with E-state index in [4.69, 9.17) is 10.8 Å². The van der Waals surface area contributed by atoms with Crippen LogP contribution in [0.1, 0.15) is 15.9 Å². The van der Waals surface area contributed by atoms with E-state index < -0.39 is 83.9 Å². The van der Waals surface area contributed by atoms with Crippen molar-refractivity contribution in [2.75, 3.05) is 36.2 Å². The molecule has 6 N–H and O–H groups in total. The first-order valence-corrected chi connectivity index (χ1v) is 20.8. The first kappa shape index (κ1) is 61.4. The summed E-state index contributed by atoms with van der Waals surface area (Å²) in [7, 11) is -20.1. The number of aliphatic hydroxyl groups excluding tert-OH is 1. The number of rotatable bonds is 12. The molecular formula is C30H26CuN6Na4O15S4. The fraction of sp³-hybridized carbons (Fsp3) is 0.133. The standard InChI is InChI=1S/C28H23N5O14S4.C2H7NO.Cu.4Na/c34-24-13-19(31-30-18-4-2-15-9-20(49(39,40)41)14-25(21(15)12-18)50(42,43)44)5-6-23(24)32-33-27-26(51(45,46)47)10-16-1-3-17(11-22(16)28(27)35)29-7-8-48(36,37)38;3-1-2-4;;;;;/h1-6,9-14,29-31H,7-8H2,(H,36,37,38)(H,39,40,41)(H,42,43,44)(H,45,46,47);4H,1-3H2;;;;;/q;;;4*+1/p-4. The molecule has 0 unspecified atom stereocenters. The van der Waals surface area contributed by atoms with Crippen LogP contribution in [-0.2, 0) is 62.3 Å². The first-order chi connectivity index (χ1) is 25.5. The molecule has 0 heterocycles. The summed E-state index contributed by atoms with van der Waals surface area (Å²) in [6.07, 6.45) is 4.27. The number of nitrogens with zero attached hydrogens (tertiary/aromatic N) is 2. The fourth-order valence-corrected chi connectivity index (χ4v) is 7.01. The van der Waals surface area contributed by atoms with Gasteiger partial charge in [0.05, 0.1) is 48.6 Å². The molecule has 30 heteroatoms. The number of anilines is 2. The molecule has 0 aromatic heterocycles. The van der Waals surface area contributed by atoms with E-state index in [0.717, 1.165) is 30.4 Å². The van der Waals surface area contributed by atoms with Crippen LogP contribution in [0, 0.1) is 0 Å². The van der Waals surface area contributed by atoms with Gasteiger partial charge in [-0.2, -0.15) is 0 Å². The Bertz CT molecular complexity index is 2710. The van der Waals surface area contributed by atoms with Crippen LogP contribution in [0.25, 0.3) is 16.8 Å². The average Bonchev–Trinajstić information content (AvgIpc) is 3.08. The summed E-state index contributed by atoms with van der Waals surface area (Å²) in [5.74, 6) is -2.63. The zero-order valence-corrected chi connectivity index (χ0v) is 44.0. The van der Waals surface area contributed by atoms with Crippen molar-refractivity contribution >= 4 is 91.7 Å². The van der Waals surface area contributed by atoms with Gasteiger partial charge in [0.2, 0.25) is 11.6 Å². The molecule has 0 spiro atoms. The van der Waals surface area contributed by atoms with Gasteiger partial charge < -0.3 is 45.2 Å². The molecule has 0 atom stereocenters. The van der Waals surface area contributed by atoms with Gasteiger partial charge in [-0.05, 0) is 65.6 Å². The minimum absolute atomic E-state index is 0. The van der Waals surface area contributed by atoms with E-state index in [2.05, 4.69) is 26.4 Å². The van der Waals surface area contributed by atoms with Crippen LogP contribution in [0.2, 0.25) is 0 Å². The minimum Gasteiger partial charge on any atom is -0.748 e. The van der Waals surface area contributed by atoms with Gasteiger partial charge >= 0.3 is 118 Å². The van der Waals surface area contributed by atoms with Crippen molar-refractivity contribution in [2.24, 2.45) is 15.9 Å². The maximum Gasteiger partial charge on any atom is 1.00 e. The Balaban J connectivity index is 0. The van der Waals surface area contributed by atoms with Crippen molar-refractivity contribution in [3.8, 4) is 0 Å². The third-order valence-corrected chi connectivity index (χ3v) is 10.4. The Morgan fingerprint density at radius 3 is 1.87 bits per heavy atom. The number of benzene rings is 3. The number of aliphatic hydroxyl groups is 1. The molecule has 0 fully saturated rings. The molecule has 0 saturated heterocycles. The zero-order chi connectivity index (χ0) is 40.9. The molecule has 21 nitrogen and oxygen atoms in total. The number of hydrogen-bond acceptors (Lipinski definition) is 21. The van der Waals surface area contributed by atoms with Gasteiger partial charge in [0.15, 0.2) is 5.71 Å². The van der Waals surface area contributed by atoms with Gasteiger partial charge in [-0.3, -0.25) is 9.59 Å². The van der Waals surface area contributed by atoms with Crippen molar-refractivity contribution in [3.63, 3.8) is 0 Å². The molecule has 305 valence electrons. The molecule has 3 aromatic rings. The van der Waals surface area contributed by atoms with E-state index in [1.807, 2.05) is 0 Å². The molecule has 0 amide bonds. The van der Waals surface area contributed by atoms with Crippen molar-refractivity contribution in [1.82, 2.24) is 5.43 Å². The number of nitrogens with one attached hydrogen (secondary N) is 3. The van der Waals surface area contributed by atoms with E-state index in [9.17, 15) is 61.5 Å². The molecule has 1 radical (unpaired) electrons. The second kappa shape index (κ2) is 25.7. The monoisotopic (exact) mass is 993 g/mol. The molecule has 0 aliphatic heterocycles. The number of Topliss-reactive ketones (excluding diaryl/α,β-unsaturated/α-hetero) is 1. The molecule has 5 rings (SSSR count). The number of hydrazine groups is 1. The number of carbonyl (C=O) groups is 2. The van der Waals surface area contributed by atoms with E-state index in [1.165, 1.54) is 36.4 Å². The largest absolute Gasteiger partial charge is 1.00 e. The van der Waals surface area contributed by atoms with E-state index in [1.54, 1.807) is 0 Å². The summed E-state index contributed by atoms with van der Waals surface area (Å²) in [5.41, 5.74) is 9.00. The quantitative estimate of drug-likeness (QED) is 0.0487. The summed E-state index contributed by atoms with van der Waals surface area (Å²) < 4.78 is 138. The third-order valence-electron chi connectivity index (χ3n) is 7.13. The van der Waals surface area contributed by atoms with Crippen LogP contribution in [-0.4, -0.2) is 105 Å². The first-order valence-electron chi connectivity index (χ1n) is 15.0. The second-order valence-electron chi connectivity index (χ2n) is 11.0. The Kier molecular flexibility index (Phi) is 26.3. The van der Waals surface area contributed by atoms with Crippen LogP contribution < -0.4 is 140 Å². The maximum absolute atomic E-state index is 13.3. The van der Waals surface area contributed by atoms with Gasteiger partial charge in [-0.1, -0.05) is 12.1 Å². The van der Waals surface area contributed by atoms with Crippen molar-refractivity contribution in [1.29, 1.82) is 0 Å². The Morgan fingerprint density at radius 2 is 1.33 bits per heavy atom.